The zero-order chi connectivity index (χ0) is 4.28. The average molecular weight is 262 g/mol. The van der Waals surface area contributed by atoms with Gasteiger partial charge in [0.2, 0.25) is 0 Å². The minimum absolute atomic E-state index is 0. The Labute approximate surface area is 101 Å². The summed E-state index contributed by atoms with van der Waals surface area (Å²) >= 11 is 0. The topological polar surface area (TPSA) is 17.1 Å². The Morgan fingerprint density at radius 2 is 1.62 bits per heavy atom. The van der Waals surface area contributed by atoms with Crippen LogP contribution in [-0.2, 0) is 70.2 Å². The molecule has 0 aromatic heterocycles. The van der Waals surface area contributed by atoms with Gasteiger partial charge in [-0.05, 0) is 6.29 Å². The zero-order valence-electron chi connectivity index (χ0n) is 5.27. The van der Waals surface area contributed by atoms with E-state index >= 15 is 0 Å². The van der Waals surface area contributed by atoms with Gasteiger partial charge in [-0.15, -0.1) is 0 Å². The SMILES string of the molecule is C=C(C)[C-]=O.[CH3-].[Y].[Y]. The van der Waals surface area contributed by atoms with Crippen molar-refractivity contribution in [2.75, 3.05) is 0 Å². The average Bonchev–Trinajstić information content (AvgIpc) is 1.38. The molecule has 0 fully saturated rings. The fourth-order valence-corrected chi connectivity index (χ4v) is 0. The van der Waals surface area contributed by atoms with Crippen molar-refractivity contribution in [2.24, 2.45) is 0 Å². The van der Waals surface area contributed by atoms with Crippen LogP contribution >= 0.6 is 0 Å². The summed E-state index contributed by atoms with van der Waals surface area (Å²) in [5.41, 5.74) is 0.449. The molecule has 8 heavy (non-hydrogen) atoms. The number of allylic oxidation sites excluding steroid dienone is 1. The van der Waals surface area contributed by atoms with Crippen molar-refractivity contribution in [1.29, 1.82) is 0 Å². The first-order valence-corrected chi connectivity index (χ1v) is 1.31. The number of hydrogen-bond donors (Lipinski definition) is 0. The molecule has 0 N–H and O–H groups in total. The molecule has 0 aromatic rings. The molecular formula is C5H8OY2-2. The van der Waals surface area contributed by atoms with Crippen LogP contribution in [0.4, 0.5) is 0 Å². The summed E-state index contributed by atoms with van der Waals surface area (Å²) in [6.45, 7) is 4.85. The standard InChI is InChI=1S/C4H5O.CH3.2Y/c1-4(2)3-5;;;/h1H2,2H3;1H3;;/q2*-1;;. The van der Waals surface area contributed by atoms with Crippen molar-refractivity contribution in [3.8, 4) is 0 Å². The maximum Gasteiger partial charge on any atom is 0 e. The van der Waals surface area contributed by atoms with E-state index in [1.54, 1.807) is 13.2 Å². The molecule has 0 saturated heterocycles. The van der Waals surface area contributed by atoms with E-state index in [0.717, 1.165) is 0 Å². The van der Waals surface area contributed by atoms with Crippen LogP contribution in [0, 0.1) is 7.43 Å². The fourth-order valence-electron chi connectivity index (χ4n) is 0. The molecule has 0 spiro atoms. The second kappa shape index (κ2) is 15.8. The molecule has 0 aliphatic carbocycles. The number of carbonyl (C=O) groups excluding carboxylic acids is 1. The van der Waals surface area contributed by atoms with Crippen molar-refractivity contribution >= 4 is 6.29 Å². The van der Waals surface area contributed by atoms with Gasteiger partial charge in [0.1, 0.15) is 0 Å². The molecule has 0 saturated carbocycles. The third-order valence-electron chi connectivity index (χ3n) is 0.174. The van der Waals surface area contributed by atoms with Crippen LogP contribution in [-0.4, -0.2) is 6.29 Å². The van der Waals surface area contributed by atoms with E-state index in [0.29, 0.717) is 5.57 Å². The van der Waals surface area contributed by atoms with E-state index in [1.807, 2.05) is 0 Å². The summed E-state index contributed by atoms with van der Waals surface area (Å²) in [6, 6.07) is 0. The molecule has 0 heterocycles. The zero-order valence-corrected chi connectivity index (χ0v) is 10.9. The number of hydrogen-bond acceptors (Lipinski definition) is 1. The van der Waals surface area contributed by atoms with Crippen LogP contribution in [0.5, 0.6) is 0 Å². The molecular weight excluding hydrogens is 254 g/mol. The number of rotatable bonds is 1. The maximum atomic E-state index is 9.28. The quantitative estimate of drug-likeness (QED) is 0.511. The molecule has 1 nitrogen and oxygen atoms in total. The maximum absolute atomic E-state index is 9.28. The second-order valence-corrected chi connectivity index (χ2v) is 0.882. The van der Waals surface area contributed by atoms with Crippen molar-refractivity contribution in [3.63, 3.8) is 0 Å². The summed E-state index contributed by atoms with van der Waals surface area (Å²) in [7, 11) is 0. The third-order valence-corrected chi connectivity index (χ3v) is 0.174. The smallest absolute Gasteiger partial charge is 0 e. The molecule has 3 heteroatoms. The Kier molecular flexibility index (Phi) is 44.8. The van der Waals surface area contributed by atoms with Crippen LogP contribution < -0.4 is 0 Å². The Balaban J connectivity index is -0.0000000267. The Bertz CT molecular complexity index is 61.4. The van der Waals surface area contributed by atoms with E-state index < -0.39 is 0 Å². The van der Waals surface area contributed by atoms with Crippen molar-refractivity contribution in [1.82, 2.24) is 0 Å². The predicted octanol–water partition coefficient (Wildman–Crippen LogP) is 1.12. The van der Waals surface area contributed by atoms with Gasteiger partial charge in [-0.1, -0.05) is 6.92 Å². The molecule has 0 aromatic carbocycles. The van der Waals surface area contributed by atoms with Crippen LogP contribution in [0.2, 0.25) is 0 Å². The minimum Gasteiger partial charge on any atom is -0.419 e. The largest absolute Gasteiger partial charge is 0.419 e. The molecule has 42 valence electrons. The Morgan fingerprint density at radius 1 is 1.50 bits per heavy atom. The van der Waals surface area contributed by atoms with Crippen molar-refractivity contribution < 1.29 is 70.2 Å². The normalized spacial score (nSPS) is 4.12. The predicted molar refractivity (Wildman–Crippen MR) is 26.9 cm³/mol. The van der Waals surface area contributed by atoms with Gasteiger partial charge >= 0.3 is 0 Å². The molecule has 0 aliphatic heterocycles. The van der Waals surface area contributed by atoms with Crippen molar-refractivity contribution in [2.45, 2.75) is 6.92 Å². The Hall–Kier alpha value is 1.62. The van der Waals surface area contributed by atoms with E-state index in [9.17, 15) is 4.79 Å². The van der Waals surface area contributed by atoms with Gasteiger partial charge < -0.3 is 12.2 Å². The molecule has 0 bridgehead atoms. The third kappa shape index (κ3) is 25.5. The monoisotopic (exact) mass is 262 g/mol. The molecule has 0 amide bonds. The van der Waals surface area contributed by atoms with Gasteiger partial charge in [-0.25, -0.2) is 6.58 Å². The van der Waals surface area contributed by atoms with E-state index in [4.69, 9.17) is 0 Å². The van der Waals surface area contributed by atoms with E-state index in [1.165, 1.54) is 0 Å². The molecule has 0 rings (SSSR count). The van der Waals surface area contributed by atoms with Crippen LogP contribution in [0.3, 0.4) is 0 Å². The Morgan fingerprint density at radius 3 is 1.62 bits per heavy atom. The van der Waals surface area contributed by atoms with E-state index in [2.05, 4.69) is 6.58 Å². The van der Waals surface area contributed by atoms with Crippen LogP contribution in [0.1, 0.15) is 6.92 Å². The second-order valence-electron chi connectivity index (χ2n) is 0.882. The molecule has 0 unspecified atom stereocenters. The summed E-state index contributed by atoms with van der Waals surface area (Å²) < 4.78 is 0. The summed E-state index contributed by atoms with van der Waals surface area (Å²) in [5, 5.41) is 0. The molecule has 0 atom stereocenters. The summed E-state index contributed by atoms with van der Waals surface area (Å²) in [5.74, 6) is 0. The summed E-state index contributed by atoms with van der Waals surface area (Å²) in [6.07, 6.45) is 1.58. The molecule has 0 aliphatic rings. The van der Waals surface area contributed by atoms with E-state index in [-0.39, 0.29) is 72.8 Å². The first-order chi connectivity index (χ1) is 2.27. The summed E-state index contributed by atoms with van der Waals surface area (Å²) in [4.78, 5) is 9.28. The van der Waals surface area contributed by atoms with Gasteiger partial charge in [-0.2, -0.15) is 5.57 Å². The van der Waals surface area contributed by atoms with Gasteiger partial charge in [-0.3, -0.25) is 0 Å². The van der Waals surface area contributed by atoms with Gasteiger partial charge in [0.25, 0.3) is 0 Å². The first kappa shape index (κ1) is 22.6. The van der Waals surface area contributed by atoms with Crippen molar-refractivity contribution in [3.05, 3.63) is 19.6 Å². The minimum atomic E-state index is 0. The van der Waals surface area contributed by atoms with Gasteiger partial charge in [0.05, 0.1) is 0 Å². The first-order valence-electron chi connectivity index (χ1n) is 1.31. The fraction of sp³-hybridized carbons (Fsp3) is 0.200. The van der Waals surface area contributed by atoms with Gasteiger partial charge in [0.15, 0.2) is 0 Å². The molecule has 2 radical (unpaired) electrons. The van der Waals surface area contributed by atoms with Gasteiger partial charge in [0, 0.05) is 65.4 Å². The van der Waals surface area contributed by atoms with Crippen LogP contribution in [0.15, 0.2) is 12.2 Å². The van der Waals surface area contributed by atoms with Crippen LogP contribution in [0.25, 0.3) is 0 Å².